The zero-order chi connectivity index (χ0) is 18.9. The van der Waals surface area contributed by atoms with Gasteiger partial charge in [0.1, 0.15) is 5.75 Å². The number of thiazole rings is 1. The third kappa shape index (κ3) is 4.07. The van der Waals surface area contributed by atoms with Gasteiger partial charge in [-0.1, -0.05) is 23.9 Å². The van der Waals surface area contributed by atoms with Gasteiger partial charge in [0, 0.05) is 17.9 Å². The van der Waals surface area contributed by atoms with Crippen molar-refractivity contribution in [1.82, 2.24) is 4.98 Å². The van der Waals surface area contributed by atoms with Crippen LogP contribution in [0.1, 0.15) is 0 Å². The minimum absolute atomic E-state index is 0.0334. The van der Waals surface area contributed by atoms with Crippen LogP contribution in [0.25, 0.3) is 10.2 Å². The quantitative estimate of drug-likeness (QED) is 0.580. The molecule has 0 atom stereocenters. The monoisotopic (exact) mass is 424 g/mol. The minimum atomic E-state index is -3.49. The number of sulfonamides is 1. The van der Waals surface area contributed by atoms with Crippen LogP contribution in [0.5, 0.6) is 17.2 Å². The SMILES string of the molecule is COc1ccccc1NS(=O)(=O)CCSc1nc2cc3c(cc2s1)OCO3. The molecule has 4 rings (SSSR count). The average Bonchev–Trinajstić information content (AvgIpc) is 3.24. The fraction of sp³-hybridized carbons (Fsp3) is 0.235. The molecule has 0 saturated heterocycles. The maximum absolute atomic E-state index is 12.3. The van der Waals surface area contributed by atoms with Gasteiger partial charge in [-0.3, -0.25) is 4.72 Å². The Labute approximate surface area is 164 Å². The third-order valence-corrected chi connectivity index (χ3v) is 7.51. The standard InChI is InChI=1S/C17H16N2O5S3/c1-22-13-5-3-2-4-11(13)19-27(20,21)7-6-25-17-18-12-8-14-15(24-10-23-14)9-16(12)26-17/h2-5,8-9,19H,6-7,10H2,1H3. The van der Waals surface area contributed by atoms with Crippen molar-refractivity contribution < 1.29 is 22.6 Å². The van der Waals surface area contributed by atoms with Crippen LogP contribution in [0.2, 0.25) is 0 Å². The largest absolute Gasteiger partial charge is 0.495 e. The predicted octanol–water partition coefficient (Wildman–Crippen LogP) is 3.57. The van der Waals surface area contributed by atoms with Crippen LogP contribution in [0.15, 0.2) is 40.7 Å². The van der Waals surface area contributed by atoms with Gasteiger partial charge in [-0.2, -0.15) is 0 Å². The lowest BCUT2D eigenvalue weighted by atomic mass is 10.3. The van der Waals surface area contributed by atoms with Gasteiger partial charge in [-0.25, -0.2) is 13.4 Å². The molecule has 0 radical (unpaired) electrons. The summed E-state index contributed by atoms with van der Waals surface area (Å²) in [6, 6.07) is 10.7. The smallest absolute Gasteiger partial charge is 0.233 e. The second-order valence-electron chi connectivity index (χ2n) is 5.62. The highest BCUT2D eigenvalue weighted by molar-refractivity contribution is 8.02. The number of thioether (sulfide) groups is 1. The maximum atomic E-state index is 12.3. The minimum Gasteiger partial charge on any atom is -0.495 e. The normalized spacial score (nSPS) is 13.1. The molecule has 0 bridgehead atoms. The number of nitrogens with one attached hydrogen (secondary N) is 1. The number of hydrogen-bond acceptors (Lipinski definition) is 8. The Balaban J connectivity index is 1.39. The Bertz CT molecular complexity index is 1040. The molecule has 1 N–H and O–H groups in total. The van der Waals surface area contributed by atoms with Crippen molar-refractivity contribution in [3.8, 4) is 17.2 Å². The molecule has 0 spiro atoms. The highest BCUT2D eigenvalue weighted by atomic mass is 32.2. The maximum Gasteiger partial charge on any atom is 0.233 e. The number of benzene rings is 2. The summed E-state index contributed by atoms with van der Waals surface area (Å²) in [6.07, 6.45) is 0. The average molecular weight is 425 g/mol. The molecular formula is C17H16N2O5S3. The number of ether oxygens (including phenoxy) is 3. The van der Waals surface area contributed by atoms with E-state index in [1.807, 2.05) is 12.1 Å². The van der Waals surface area contributed by atoms with Gasteiger partial charge in [0.25, 0.3) is 0 Å². The Hall–Kier alpha value is -2.17. The molecule has 2 aromatic carbocycles. The first-order chi connectivity index (χ1) is 13.0. The molecule has 142 valence electrons. The lowest BCUT2D eigenvalue weighted by molar-refractivity contribution is 0.174. The van der Waals surface area contributed by atoms with Crippen LogP contribution in [-0.4, -0.2) is 38.8 Å². The van der Waals surface area contributed by atoms with Crippen LogP contribution < -0.4 is 18.9 Å². The van der Waals surface area contributed by atoms with Crippen LogP contribution in [0, 0.1) is 0 Å². The predicted molar refractivity (Wildman–Crippen MR) is 107 cm³/mol. The molecule has 3 aromatic rings. The van der Waals surface area contributed by atoms with E-state index in [4.69, 9.17) is 14.2 Å². The summed E-state index contributed by atoms with van der Waals surface area (Å²) in [5.74, 6) is 2.24. The molecule has 10 heteroatoms. The van der Waals surface area contributed by atoms with Gasteiger partial charge in [0.15, 0.2) is 15.8 Å². The molecule has 1 aromatic heterocycles. The Morgan fingerprint density at radius 3 is 2.85 bits per heavy atom. The van der Waals surface area contributed by atoms with E-state index in [1.165, 1.54) is 30.2 Å². The Kier molecular flexibility index (Phi) is 5.02. The Morgan fingerprint density at radius 1 is 1.26 bits per heavy atom. The van der Waals surface area contributed by atoms with Crippen LogP contribution in [-0.2, 0) is 10.0 Å². The van der Waals surface area contributed by atoms with Crippen LogP contribution in [0.4, 0.5) is 5.69 Å². The molecule has 0 fully saturated rings. The number of aromatic nitrogens is 1. The fourth-order valence-corrected chi connectivity index (χ4v) is 6.16. The van der Waals surface area contributed by atoms with E-state index in [0.29, 0.717) is 28.7 Å². The van der Waals surface area contributed by atoms with Gasteiger partial charge >= 0.3 is 0 Å². The molecule has 1 aliphatic heterocycles. The molecule has 0 aliphatic carbocycles. The number of para-hydroxylation sites is 2. The van der Waals surface area contributed by atoms with Crippen molar-refractivity contribution >= 4 is 49.0 Å². The zero-order valence-corrected chi connectivity index (χ0v) is 16.7. The zero-order valence-electron chi connectivity index (χ0n) is 14.3. The molecule has 2 heterocycles. The molecule has 1 aliphatic rings. The number of hydrogen-bond donors (Lipinski definition) is 1. The van der Waals surface area contributed by atoms with Crippen molar-refractivity contribution in [2.45, 2.75) is 4.34 Å². The Morgan fingerprint density at radius 2 is 2.04 bits per heavy atom. The number of rotatable bonds is 7. The van der Waals surface area contributed by atoms with Gasteiger partial charge < -0.3 is 14.2 Å². The van der Waals surface area contributed by atoms with Crippen LogP contribution in [0.3, 0.4) is 0 Å². The summed E-state index contributed by atoms with van der Waals surface area (Å²) in [7, 11) is -1.99. The second-order valence-corrected chi connectivity index (χ2v) is 9.84. The van der Waals surface area contributed by atoms with E-state index in [-0.39, 0.29) is 12.5 Å². The highest BCUT2D eigenvalue weighted by Gasteiger charge is 2.18. The second kappa shape index (κ2) is 7.45. The number of methoxy groups -OCH3 is 1. The summed E-state index contributed by atoms with van der Waals surface area (Å²) in [5, 5.41) is 0. The van der Waals surface area contributed by atoms with E-state index in [1.54, 1.807) is 24.3 Å². The third-order valence-electron chi connectivity index (χ3n) is 3.81. The van der Waals surface area contributed by atoms with Crippen molar-refractivity contribution in [1.29, 1.82) is 0 Å². The first-order valence-electron chi connectivity index (χ1n) is 8.00. The number of nitrogens with zero attached hydrogens (tertiary/aromatic N) is 1. The van der Waals surface area contributed by atoms with Crippen LogP contribution >= 0.6 is 23.1 Å². The molecule has 0 saturated carbocycles. The lowest BCUT2D eigenvalue weighted by Gasteiger charge is -2.11. The van der Waals surface area contributed by atoms with E-state index in [0.717, 1.165) is 14.6 Å². The van der Waals surface area contributed by atoms with E-state index >= 15 is 0 Å². The van der Waals surface area contributed by atoms with Gasteiger partial charge in [-0.05, 0) is 12.1 Å². The van der Waals surface area contributed by atoms with Gasteiger partial charge in [0.2, 0.25) is 16.8 Å². The number of anilines is 1. The summed E-state index contributed by atoms with van der Waals surface area (Å²) in [6.45, 7) is 0.227. The summed E-state index contributed by atoms with van der Waals surface area (Å²) < 4.78 is 44.9. The fourth-order valence-electron chi connectivity index (χ4n) is 2.54. The molecule has 27 heavy (non-hydrogen) atoms. The van der Waals surface area contributed by atoms with Gasteiger partial charge in [0.05, 0.1) is 28.8 Å². The van der Waals surface area contributed by atoms with E-state index in [2.05, 4.69) is 9.71 Å². The molecule has 7 nitrogen and oxygen atoms in total. The van der Waals surface area contributed by atoms with E-state index < -0.39 is 10.0 Å². The van der Waals surface area contributed by atoms with Crippen molar-refractivity contribution in [3.05, 3.63) is 36.4 Å². The van der Waals surface area contributed by atoms with Crippen molar-refractivity contribution in [2.75, 3.05) is 30.1 Å². The lowest BCUT2D eigenvalue weighted by Crippen LogP contribution is -2.18. The summed E-state index contributed by atoms with van der Waals surface area (Å²) in [5.41, 5.74) is 1.25. The first-order valence-corrected chi connectivity index (χ1v) is 11.5. The molecule has 0 unspecified atom stereocenters. The molecule has 0 amide bonds. The van der Waals surface area contributed by atoms with E-state index in [9.17, 15) is 8.42 Å². The first kappa shape index (κ1) is 18.2. The summed E-state index contributed by atoms with van der Waals surface area (Å²) in [4.78, 5) is 4.53. The van der Waals surface area contributed by atoms with Crippen molar-refractivity contribution in [3.63, 3.8) is 0 Å². The summed E-state index contributed by atoms with van der Waals surface area (Å²) >= 11 is 2.91. The van der Waals surface area contributed by atoms with Gasteiger partial charge in [-0.15, -0.1) is 11.3 Å². The van der Waals surface area contributed by atoms with Crippen molar-refractivity contribution in [2.24, 2.45) is 0 Å². The number of fused-ring (bicyclic) bond motifs is 2. The topological polar surface area (TPSA) is 86.8 Å². The highest BCUT2D eigenvalue weighted by Crippen LogP contribution is 2.39. The molecular weight excluding hydrogens is 408 g/mol.